The molecule has 0 bridgehead atoms. The number of hydrazone groups is 1. The van der Waals surface area contributed by atoms with E-state index >= 15 is 0 Å². The minimum absolute atomic E-state index is 0.168. The molecule has 0 radical (unpaired) electrons. The summed E-state index contributed by atoms with van der Waals surface area (Å²) in [4.78, 5) is 12.5. The molecule has 35 heavy (non-hydrogen) atoms. The third-order valence-electron chi connectivity index (χ3n) is 5.57. The summed E-state index contributed by atoms with van der Waals surface area (Å²) in [5, 5.41) is 13.6. The lowest BCUT2D eigenvalue weighted by molar-refractivity contribution is -0.118. The number of hydrogen-bond acceptors (Lipinski definition) is 5. The third-order valence-corrected chi connectivity index (χ3v) is 6.50. The third kappa shape index (κ3) is 6.25. The van der Waals surface area contributed by atoms with Crippen LogP contribution in [-0.4, -0.2) is 32.6 Å². The zero-order valence-electron chi connectivity index (χ0n) is 20.4. The van der Waals surface area contributed by atoms with Crippen LogP contribution in [0.25, 0.3) is 17.1 Å². The van der Waals surface area contributed by atoms with Crippen LogP contribution in [-0.2, 0) is 4.79 Å². The van der Waals surface area contributed by atoms with Crippen LogP contribution in [0.2, 0.25) is 0 Å². The summed E-state index contributed by atoms with van der Waals surface area (Å²) in [6.45, 7) is 8.42. The minimum Gasteiger partial charge on any atom is -0.272 e. The SMILES string of the molecule is Cc1ccc(-c2nnc(SCC(=O)N/N=C\c3ccc(C(C)C)cc3)n2-c2ccc(C)cc2)cc1. The van der Waals surface area contributed by atoms with Crippen LogP contribution in [0, 0.1) is 13.8 Å². The fourth-order valence-corrected chi connectivity index (χ4v) is 4.23. The number of rotatable bonds is 8. The number of nitrogens with zero attached hydrogens (tertiary/aromatic N) is 4. The van der Waals surface area contributed by atoms with E-state index in [1.54, 1.807) is 6.21 Å². The summed E-state index contributed by atoms with van der Waals surface area (Å²) in [6.07, 6.45) is 1.65. The van der Waals surface area contributed by atoms with E-state index < -0.39 is 0 Å². The molecule has 3 aromatic carbocycles. The van der Waals surface area contributed by atoms with Crippen molar-refractivity contribution in [3.63, 3.8) is 0 Å². The van der Waals surface area contributed by atoms with Crippen molar-refractivity contribution in [2.75, 3.05) is 5.75 Å². The zero-order chi connectivity index (χ0) is 24.8. The second-order valence-corrected chi connectivity index (χ2v) is 9.69. The molecular formula is C28H29N5OS. The van der Waals surface area contributed by atoms with E-state index in [9.17, 15) is 4.79 Å². The van der Waals surface area contributed by atoms with Crippen molar-refractivity contribution in [3.05, 3.63) is 95.1 Å². The molecule has 0 aliphatic rings. The Balaban J connectivity index is 1.47. The van der Waals surface area contributed by atoms with Gasteiger partial charge in [0.1, 0.15) is 0 Å². The standard InChI is InChI=1S/C28H29N5OS/c1-19(2)23-13-9-22(10-14-23)17-29-30-26(34)18-35-28-32-31-27(24-11-5-20(3)6-12-24)33(28)25-15-7-21(4)8-16-25/h5-17,19H,18H2,1-4H3,(H,30,34)/b29-17-. The monoisotopic (exact) mass is 483 g/mol. The number of thioether (sulfide) groups is 1. The van der Waals surface area contributed by atoms with Gasteiger partial charge in [-0.1, -0.05) is 97.4 Å². The number of aryl methyl sites for hydroxylation is 2. The summed E-state index contributed by atoms with van der Waals surface area (Å²) in [7, 11) is 0. The van der Waals surface area contributed by atoms with Gasteiger partial charge in [0.15, 0.2) is 11.0 Å². The quantitative estimate of drug-likeness (QED) is 0.192. The molecule has 4 rings (SSSR count). The van der Waals surface area contributed by atoms with Crippen LogP contribution in [0.5, 0.6) is 0 Å². The van der Waals surface area contributed by atoms with Crippen molar-refractivity contribution in [2.45, 2.75) is 38.8 Å². The normalized spacial score (nSPS) is 11.3. The van der Waals surface area contributed by atoms with Crippen molar-refractivity contribution in [2.24, 2.45) is 5.10 Å². The Bertz CT molecular complexity index is 1310. The molecule has 6 nitrogen and oxygen atoms in total. The molecule has 1 aromatic heterocycles. The van der Waals surface area contributed by atoms with E-state index in [1.165, 1.54) is 28.5 Å². The Morgan fingerprint density at radius 2 is 1.57 bits per heavy atom. The number of carbonyl (C=O) groups is 1. The van der Waals surface area contributed by atoms with Gasteiger partial charge in [0.05, 0.1) is 12.0 Å². The molecule has 4 aromatic rings. The van der Waals surface area contributed by atoms with Crippen LogP contribution in [0.15, 0.2) is 83.1 Å². The molecule has 0 unspecified atom stereocenters. The molecule has 7 heteroatoms. The first-order chi connectivity index (χ1) is 16.9. The number of nitrogens with one attached hydrogen (secondary N) is 1. The summed E-state index contributed by atoms with van der Waals surface area (Å²) in [5.74, 6) is 1.17. The van der Waals surface area contributed by atoms with Gasteiger partial charge < -0.3 is 0 Å². The Morgan fingerprint density at radius 1 is 0.943 bits per heavy atom. The topological polar surface area (TPSA) is 72.2 Å². The van der Waals surface area contributed by atoms with E-state index in [0.29, 0.717) is 11.1 Å². The minimum atomic E-state index is -0.208. The Morgan fingerprint density at radius 3 is 2.20 bits per heavy atom. The highest BCUT2D eigenvalue weighted by molar-refractivity contribution is 7.99. The maximum Gasteiger partial charge on any atom is 0.250 e. The second-order valence-electron chi connectivity index (χ2n) is 8.75. The highest BCUT2D eigenvalue weighted by atomic mass is 32.2. The molecule has 178 valence electrons. The van der Waals surface area contributed by atoms with Gasteiger partial charge in [0.2, 0.25) is 0 Å². The number of hydrogen-bond donors (Lipinski definition) is 1. The maximum atomic E-state index is 12.5. The van der Waals surface area contributed by atoms with E-state index in [4.69, 9.17) is 0 Å². The summed E-state index contributed by atoms with van der Waals surface area (Å²) in [5.41, 5.74) is 9.07. The number of aromatic nitrogens is 3. The molecule has 0 spiro atoms. The molecular weight excluding hydrogens is 454 g/mol. The van der Waals surface area contributed by atoms with Gasteiger partial charge in [0, 0.05) is 11.3 Å². The van der Waals surface area contributed by atoms with Gasteiger partial charge >= 0.3 is 0 Å². The largest absolute Gasteiger partial charge is 0.272 e. The van der Waals surface area contributed by atoms with E-state index in [1.807, 2.05) is 41.0 Å². The van der Waals surface area contributed by atoms with Crippen LogP contribution in [0.3, 0.4) is 0 Å². The van der Waals surface area contributed by atoms with Crippen LogP contribution in [0.1, 0.15) is 42.0 Å². The summed E-state index contributed by atoms with van der Waals surface area (Å²) in [6, 6.07) is 24.5. The second kappa shape index (κ2) is 11.1. The Labute approximate surface area is 210 Å². The highest BCUT2D eigenvalue weighted by Gasteiger charge is 2.17. The first kappa shape index (κ1) is 24.4. The lowest BCUT2D eigenvalue weighted by Crippen LogP contribution is -2.20. The lowest BCUT2D eigenvalue weighted by atomic mass is 10.0. The highest BCUT2D eigenvalue weighted by Crippen LogP contribution is 2.28. The van der Waals surface area contributed by atoms with Crippen molar-refractivity contribution in [3.8, 4) is 17.1 Å². The first-order valence-corrected chi connectivity index (χ1v) is 12.5. The van der Waals surface area contributed by atoms with Crippen molar-refractivity contribution < 1.29 is 4.79 Å². The predicted octanol–water partition coefficient (Wildman–Crippen LogP) is 5.92. The van der Waals surface area contributed by atoms with Crippen LogP contribution in [0.4, 0.5) is 0 Å². The molecule has 0 aliphatic heterocycles. The van der Waals surface area contributed by atoms with E-state index in [-0.39, 0.29) is 11.7 Å². The first-order valence-electron chi connectivity index (χ1n) is 11.5. The molecule has 1 N–H and O–H groups in total. The summed E-state index contributed by atoms with van der Waals surface area (Å²) >= 11 is 1.33. The average molecular weight is 484 g/mol. The molecule has 1 amide bonds. The average Bonchev–Trinajstić information content (AvgIpc) is 3.28. The molecule has 0 aliphatic carbocycles. The number of benzene rings is 3. The van der Waals surface area contributed by atoms with Gasteiger partial charge in [-0.25, -0.2) is 5.43 Å². The molecule has 0 saturated heterocycles. The van der Waals surface area contributed by atoms with Gasteiger partial charge in [-0.15, -0.1) is 10.2 Å². The number of carbonyl (C=O) groups excluding carboxylic acids is 1. The lowest BCUT2D eigenvalue weighted by Gasteiger charge is -2.11. The van der Waals surface area contributed by atoms with Crippen molar-refractivity contribution >= 4 is 23.9 Å². The van der Waals surface area contributed by atoms with E-state index in [0.717, 1.165) is 22.6 Å². The molecule has 0 fully saturated rings. The summed E-state index contributed by atoms with van der Waals surface area (Å²) < 4.78 is 1.99. The molecule has 0 saturated carbocycles. The van der Waals surface area contributed by atoms with Gasteiger partial charge in [-0.2, -0.15) is 5.10 Å². The maximum absolute atomic E-state index is 12.5. The van der Waals surface area contributed by atoms with Crippen molar-refractivity contribution in [1.82, 2.24) is 20.2 Å². The van der Waals surface area contributed by atoms with Gasteiger partial charge in [-0.3, -0.25) is 9.36 Å². The smallest absolute Gasteiger partial charge is 0.250 e. The zero-order valence-corrected chi connectivity index (χ0v) is 21.2. The van der Waals surface area contributed by atoms with Crippen LogP contribution >= 0.6 is 11.8 Å². The predicted molar refractivity (Wildman–Crippen MR) is 143 cm³/mol. The Hall–Kier alpha value is -3.71. The van der Waals surface area contributed by atoms with Gasteiger partial charge in [-0.05, 0) is 43.0 Å². The molecule has 1 heterocycles. The van der Waals surface area contributed by atoms with E-state index in [2.05, 4.69) is 84.8 Å². The van der Waals surface area contributed by atoms with Crippen molar-refractivity contribution in [1.29, 1.82) is 0 Å². The number of amides is 1. The fraction of sp³-hybridized carbons (Fsp3) is 0.214. The van der Waals surface area contributed by atoms with Gasteiger partial charge in [0.25, 0.3) is 5.91 Å². The fourth-order valence-electron chi connectivity index (χ4n) is 3.49. The van der Waals surface area contributed by atoms with Crippen LogP contribution < -0.4 is 5.43 Å². The molecule has 0 atom stereocenters. The Kier molecular flexibility index (Phi) is 7.77.